The van der Waals surface area contributed by atoms with Crippen LogP contribution in [0.5, 0.6) is 0 Å². The van der Waals surface area contributed by atoms with Crippen molar-refractivity contribution >= 4 is 34.5 Å². The number of hydrazone groups is 1. The van der Waals surface area contributed by atoms with E-state index in [-0.39, 0.29) is 5.82 Å². The number of thioether (sulfide) groups is 1. The summed E-state index contributed by atoms with van der Waals surface area (Å²) in [5.74, 6) is -0.255. The van der Waals surface area contributed by atoms with Crippen molar-refractivity contribution in [2.75, 3.05) is 6.26 Å². The van der Waals surface area contributed by atoms with Gasteiger partial charge in [0.25, 0.3) is 0 Å². The number of nitrogens with zero attached hydrogens (tertiary/aromatic N) is 1. The molecule has 0 atom stereocenters. The average molecular weight is 228 g/mol. The van der Waals surface area contributed by atoms with E-state index in [0.29, 0.717) is 4.32 Å². The van der Waals surface area contributed by atoms with Gasteiger partial charge in [0.2, 0.25) is 0 Å². The zero-order valence-corrected chi connectivity index (χ0v) is 9.16. The number of nitrogens with one attached hydrogen (secondary N) is 1. The van der Waals surface area contributed by atoms with Gasteiger partial charge in [-0.2, -0.15) is 5.10 Å². The Bertz CT molecular complexity index is 335. The first-order valence-electron chi connectivity index (χ1n) is 3.85. The number of hydrogen-bond acceptors (Lipinski definition) is 3. The molecular formula is C9H9FN2S2. The second-order valence-corrected chi connectivity index (χ2v) is 3.90. The minimum absolute atomic E-state index is 0.255. The first-order valence-corrected chi connectivity index (χ1v) is 5.48. The highest BCUT2D eigenvalue weighted by Crippen LogP contribution is 1.99. The Kier molecular flexibility index (Phi) is 4.55. The van der Waals surface area contributed by atoms with Crippen LogP contribution in [-0.2, 0) is 0 Å². The first kappa shape index (κ1) is 11.1. The van der Waals surface area contributed by atoms with Crippen LogP contribution < -0.4 is 5.43 Å². The van der Waals surface area contributed by atoms with Crippen LogP contribution in [0.3, 0.4) is 0 Å². The van der Waals surface area contributed by atoms with E-state index in [1.54, 1.807) is 18.3 Å². The van der Waals surface area contributed by atoms with Crippen LogP contribution >= 0.6 is 24.0 Å². The second kappa shape index (κ2) is 5.72. The van der Waals surface area contributed by atoms with E-state index >= 15 is 0 Å². The van der Waals surface area contributed by atoms with Crippen LogP contribution in [0.1, 0.15) is 5.56 Å². The van der Waals surface area contributed by atoms with E-state index in [9.17, 15) is 4.39 Å². The zero-order chi connectivity index (χ0) is 10.4. The van der Waals surface area contributed by atoms with Crippen molar-refractivity contribution in [1.29, 1.82) is 0 Å². The van der Waals surface area contributed by atoms with E-state index in [2.05, 4.69) is 10.5 Å². The molecule has 0 aliphatic rings. The second-order valence-electron chi connectivity index (χ2n) is 2.41. The number of halogens is 1. The van der Waals surface area contributed by atoms with Crippen molar-refractivity contribution in [2.45, 2.75) is 0 Å². The van der Waals surface area contributed by atoms with Gasteiger partial charge in [-0.1, -0.05) is 36.1 Å². The van der Waals surface area contributed by atoms with Gasteiger partial charge < -0.3 is 0 Å². The maximum Gasteiger partial charge on any atom is 0.153 e. The maximum atomic E-state index is 12.5. The molecule has 5 heteroatoms. The van der Waals surface area contributed by atoms with Crippen molar-refractivity contribution in [3.05, 3.63) is 35.6 Å². The Morgan fingerprint density at radius 3 is 2.71 bits per heavy atom. The van der Waals surface area contributed by atoms with Gasteiger partial charge in [0, 0.05) is 0 Å². The summed E-state index contributed by atoms with van der Waals surface area (Å²) in [6, 6.07) is 6.05. The van der Waals surface area contributed by atoms with Crippen LogP contribution in [-0.4, -0.2) is 16.8 Å². The van der Waals surface area contributed by atoms with Crippen molar-refractivity contribution in [2.24, 2.45) is 5.10 Å². The summed E-state index contributed by atoms with van der Waals surface area (Å²) in [7, 11) is 0. The molecule has 1 N–H and O–H groups in total. The van der Waals surface area contributed by atoms with Crippen LogP contribution in [0.25, 0.3) is 0 Å². The minimum Gasteiger partial charge on any atom is -0.262 e. The fraction of sp³-hybridized carbons (Fsp3) is 0.111. The summed E-state index contributed by atoms with van der Waals surface area (Å²) in [6.07, 6.45) is 3.45. The van der Waals surface area contributed by atoms with E-state index in [1.807, 2.05) is 6.26 Å². The van der Waals surface area contributed by atoms with E-state index in [1.165, 1.54) is 23.9 Å². The molecule has 0 fully saturated rings. The Hall–Kier alpha value is -0.940. The largest absolute Gasteiger partial charge is 0.262 e. The van der Waals surface area contributed by atoms with Gasteiger partial charge in [-0.3, -0.25) is 5.43 Å². The molecule has 0 aliphatic carbocycles. The lowest BCUT2D eigenvalue weighted by molar-refractivity contribution is 0.628. The van der Waals surface area contributed by atoms with Crippen molar-refractivity contribution in [3.63, 3.8) is 0 Å². The van der Waals surface area contributed by atoms with E-state index in [0.717, 1.165) is 5.56 Å². The molecule has 0 saturated heterocycles. The molecule has 0 saturated carbocycles. The van der Waals surface area contributed by atoms with Gasteiger partial charge in [-0.15, -0.1) is 0 Å². The average Bonchev–Trinajstić information content (AvgIpc) is 2.21. The third-order valence-electron chi connectivity index (χ3n) is 1.42. The normalized spacial score (nSPS) is 10.4. The molecule has 0 heterocycles. The van der Waals surface area contributed by atoms with Gasteiger partial charge >= 0.3 is 0 Å². The summed E-state index contributed by atoms with van der Waals surface area (Å²) >= 11 is 6.28. The molecule has 0 spiro atoms. The maximum absolute atomic E-state index is 12.5. The van der Waals surface area contributed by atoms with Gasteiger partial charge in [0.1, 0.15) is 5.82 Å². The smallest absolute Gasteiger partial charge is 0.153 e. The highest BCUT2D eigenvalue weighted by molar-refractivity contribution is 8.22. The van der Waals surface area contributed by atoms with E-state index in [4.69, 9.17) is 12.2 Å². The predicted molar refractivity (Wildman–Crippen MR) is 63.2 cm³/mol. The van der Waals surface area contributed by atoms with Gasteiger partial charge in [0.15, 0.2) is 4.32 Å². The molecule has 0 aromatic heterocycles. The van der Waals surface area contributed by atoms with Crippen LogP contribution in [0.4, 0.5) is 4.39 Å². The predicted octanol–water partition coefficient (Wildman–Crippen LogP) is 2.40. The molecule has 0 unspecified atom stereocenters. The third kappa shape index (κ3) is 3.85. The van der Waals surface area contributed by atoms with Crippen LogP contribution in [0.2, 0.25) is 0 Å². The third-order valence-corrected chi connectivity index (χ3v) is 2.48. The Labute approximate surface area is 91.6 Å². The number of rotatable bonds is 2. The van der Waals surface area contributed by atoms with Crippen LogP contribution in [0, 0.1) is 5.82 Å². The lowest BCUT2D eigenvalue weighted by atomic mass is 10.2. The van der Waals surface area contributed by atoms with Gasteiger partial charge in [0.05, 0.1) is 6.21 Å². The lowest BCUT2D eigenvalue weighted by Gasteiger charge is -1.96. The van der Waals surface area contributed by atoms with Crippen molar-refractivity contribution in [1.82, 2.24) is 5.43 Å². The fourth-order valence-corrected chi connectivity index (χ4v) is 0.951. The topological polar surface area (TPSA) is 24.4 Å². The van der Waals surface area contributed by atoms with Crippen LogP contribution in [0.15, 0.2) is 29.4 Å². The SMILES string of the molecule is CSC(=S)N/N=C/c1ccc(F)cc1. The highest BCUT2D eigenvalue weighted by Gasteiger charge is 1.90. The highest BCUT2D eigenvalue weighted by atomic mass is 32.2. The molecule has 0 amide bonds. The Balaban J connectivity index is 2.52. The standard InChI is InChI=1S/C9H9FN2S2/c1-14-9(13)12-11-6-7-2-4-8(10)5-3-7/h2-6H,1H3,(H,12,13)/b11-6+. The summed E-state index contributed by atoms with van der Waals surface area (Å²) in [4.78, 5) is 0. The molecule has 0 bridgehead atoms. The molecule has 0 aliphatic heterocycles. The molecule has 1 aromatic rings. The van der Waals surface area contributed by atoms with Gasteiger partial charge in [-0.25, -0.2) is 4.39 Å². The fourth-order valence-electron chi connectivity index (χ4n) is 0.754. The van der Waals surface area contributed by atoms with Gasteiger partial charge in [-0.05, 0) is 24.0 Å². The Morgan fingerprint density at radius 1 is 1.50 bits per heavy atom. The summed E-state index contributed by atoms with van der Waals surface area (Å²) in [5, 5.41) is 3.88. The first-order chi connectivity index (χ1) is 6.72. The molecule has 1 aromatic carbocycles. The summed E-state index contributed by atoms with van der Waals surface area (Å²) < 4.78 is 13.1. The summed E-state index contributed by atoms with van der Waals surface area (Å²) in [5.41, 5.74) is 3.49. The Morgan fingerprint density at radius 2 is 2.14 bits per heavy atom. The number of hydrogen-bond donors (Lipinski definition) is 1. The number of benzene rings is 1. The lowest BCUT2D eigenvalue weighted by Crippen LogP contribution is -2.10. The molecule has 74 valence electrons. The molecular weight excluding hydrogens is 219 g/mol. The molecule has 14 heavy (non-hydrogen) atoms. The zero-order valence-electron chi connectivity index (χ0n) is 7.53. The number of thiocarbonyl (C=S) groups is 1. The minimum atomic E-state index is -0.255. The monoisotopic (exact) mass is 228 g/mol. The van der Waals surface area contributed by atoms with Crippen molar-refractivity contribution < 1.29 is 4.39 Å². The van der Waals surface area contributed by atoms with E-state index < -0.39 is 0 Å². The quantitative estimate of drug-likeness (QED) is 0.478. The summed E-state index contributed by atoms with van der Waals surface area (Å²) in [6.45, 7) is 0. The molecule has 2 nitrogen and oxygen atoms in total. The molecule has 1 rings (SSSR count). The molecule has 0 radical (unpaired) electrons. The van der Waals surface area contributed by atoms with Crippen molar-refractivity contribution in [3.8, 4) is 0 Å².